The highest BCUT2D eigenvalue weighted by atomic mass is 19.1. The van der Waals surface area contributed by atoms with Crippen LogP contribution in [-0.4, -0.2) is 0 Å². The minimum absolute atomic E-state index is 0.165. The van der Waals surface area contributed by atoms with Crippen LogP contribution in [0.5, 0.6) is 0 Å². The van der Waals surface area contributed by atoms with E-state index in [2.05, 4.69) is 0 Å². The molecule has 0 fully saturated rings. The number of ether oxygens (including phenoxy) is 1. The number of benzene rings is 1. The predicted molar refractivity (Wildman–Crippen MR) is 42.8 cm³/mol. The first-order valence-electron chi connectivity index (χ1n) is 4.00. The lowest BCUT2D eigenvalue weighted by atomic mass is 10.0. The van der Waals surface area contributed by atoms with Crippen molar-refractivity contribution in [3.63, 3.8) is 0 Å². The van der Waals surface area contributed by atoms with Gasteiger partial charge in [0.2, 0.25) is 0 Å². The fourth-order valence-corrected chi connectivity index (χ4v) is 1.83. The first kappa shape index (κ1) is 6.23. The highest BCUT2D eigenvalue weighted by Crippen LogP contribution is 2.54. The molecule has 0 amide bonds. The standard InChI is InChI=1S/C10H7FO/c1-5-6-3-2-4-7(11)8(6)10-9(5)12-10/h2-5H,1H3. The van der Waals surface area contributed by atoms with Gasteiger partial charge in [-0.1, -0.05) is 19.1 Å². The molecule has 1 nitrogen and oxygen atoms in total. The van der Waals surface area contributed by atoms with Crippen LogP contribution in [-0.2, 0) is 4.74 Å². The molecule has 0 aromatic heterocycles. The number of halogens is 1. The second-order valence-corrected chi connectivity index (χ2v) is 3.22. The van der Waals surface area contributed by atoms with E-state index in [4.69, 9.17) is 4.74 Å². The summed E-state index contributed by atoms with van der Waals surface area (Å²) in [5, 5.41) is 0. The maximum absolute atomic E-state index is 13.2. The lowest BCUT2D eigenvalue weighted by Crippen LogP contribution is -1.96. The molecule has 0 radical (unpaired) electrons. The first-order chi connectivity index (χ1) is 5.79. The summed E-state index contributed by atoms with van der Waals surface area (Å²) in [5.74, 6) is 1.82. The summed E-state index contributed by atoms with van der Waals surface area (Å²) in [6, 6.07) is 5.18. The lowest BCUT2D eigenvalue weighted by molar-refractivity contribution is 0.468. The van der Waals surface area contributed by atoms with E-state index in [1.165, 1.54) is 6.07 Å². The minimum Gasteiger partial charge on any atom is -0.453 e. The molecule has 60 valence electrons. The van der Waals surface area contributed by atoms with Gasteiger partial charge in [0, 0.05) is 5.92 Å². The Kier molecular flexibility index (Phi) is 0.888. The third-order valence-electron chi connectivity index (χ3n) is 2.53. The monoisotopic (exact) mass is 162 g/mol. The zero-order valence-electron chi connectivity index (χ0n) is 6.60. The number of fused-ring (bicyclic) bond motifs is 2. The average molecular weight is 162 g/mol. The van der Waals surface area contributed by atoms with Crippen LogP contribution >= 0.6 is 0 Å². The molecule has 0 N–H and O–H groups in total. The SMILES string of the molecule is CC1C2=C(O2)c2c(F)cccc21. The molecule has 0 saturated heterocycles. The van der Waals surface area contributed by atoms with Crippen molar-refractivity contribution in [1.29, 1.82) is 0 Å². The Morgan fingerprint density at radius 2 is 2.25 bits per heavy atom. The van der Waals surface area contributed by atoms with Crippen LogP contribution in [0.1, 0.15) is 24.0 Å². The van der Waals surface area contributed by atoms with E-state index in [-0.39, 0.29) is 11.7 Å². The Bertz CT molecular complexity index is 406. The van der Waals surface area contributed by atoms with Crippen molar-refractivity contribution in [3.8, 4) is 0 Å². The van der Waals surface area contributed by atoms with Crippen LogP contribution in [0.15, 0.2) is 24.0 Å². The molecular formula is C10H7FO. The molecule has 1 aromatic rings. The van der Waals surface area contributed by atoms with Gasteiger partial charge in [0.05, 0.1) is 5.56 Å². The third-order valence-corrected chi connectivity index (χ3v) is 2.53. The molecule has 0 spiro atoms. The topological polar surface area (TPSA) is 12.5 Å². The van der Waals surface area contributed by atoms with Gasteiger partial charge in [0.1, 0.15) is 5.82 Å². The summed E-state index contributed by atoms with van der Waals surface area (Å²) >= 11 is 0. The summed E-state index contributed by atoms with van der Waals surface area (Å²) in [6.07, 6.45) is 0. The Labute approximate surface area is 69.5 Å². The smallest absolute Gasteiger partial charge is 0.176 e. The molecule has 1 atom stereocenters. The molecule has 12 heavy (non-hydrogen) atoms. The highest BCUT2D eigenvalue weighted by molar-refractivity contribution is 5.81. The summed E-state index contributed by atoms with van der Waals surface area (Å²) < 4.78 is 18.4. The molecule has 1 aromatic carbocycles. The number of rotatable bonds is 0. The van der Waals surface area contributed by atoms with Gasteiger partial charge in [-0.2, -0.15) is 0 Å². The highest BCUT2D eigenvalue weighted by Gasteiger charge is 2.43. The fraction of sp³-hybridized carbons (Fsp3) is 0.200. The lowest BCUT2D eigenvalue weighted by Gasteiger charge is -2.09. The van der Waals surface area contributed by atoms with Crippen molar-refractivity contribution in [2.45, 2.75) is 12.8 Å². The summed E-state index contributed by atoms with van der Waals surface area (Å²) in [4.78, 5) is 0. The summed E-state index contributed by atoms with van der Waals surface area (Å²) in [7, 11) is 0. The van der Waals surface area contributed by atoms with Gasteiger partial charge >= 0.3 is 0 Å². The maximum Gasteiger partial charge on any atom is 0.176 e. The molecule has 0 saturated carbocycles. The van der Waals surface area contributed by atoms with Gasteiger partial charge in [-0.05, 0) is 11.6 Å². The number of hydrogen-bond acceptors (Lipinski definition) is 1. The van der Waals surface area contributed by atoms with Crippen molar-refractivity contribution in [2.24, 2.45) is 0 Å². The predicted octanol–water partition coefficient (Wildman–Crippen LogP) is 2.64. The van der Waals surface area contributed by atoms with Crippen LogP contribution < -0.4 is 0 Å². The van der Waals surface area contributed by atoms with Crippen LogP contribution in [0.4, 0.5) is 4.39 Å². The van der Waals surface area contributed by atoms with E-state index in [1.54, 1.807) is 6.07 Å². The molecular weight excluding hydrogens is 155 g/mol. The Balaban J connectivity index is 2.32. The third kappa shape index (κ3) is 0.546. The molecule has 1 heterocycles. The van der Waals surface area contributed by atoms with Crippen LogP contribution in [0, 0.1) is 5.82 Å². The van der Waals surface area contributed by atoms with Crippen LogP contribution in [0.2, 0.25) is 0 Å². The van der Waals surface area contributed by atoms with Gasteiger partial charge in [-0.15, -0.1) is 0 Å². The van der Waals surface area contributed by atoms with E-state index in [0.29, 0.717) is 5.56 Å². The molecule has 0 bridgehead atoms. The second-order valence-electron chi connectivity index (χ2n) is 3.22. The quantitative estimate of drug-likeness (QED) is 0.571. The maximum atomic E-state index is 13.2. The molecule has 1 aliphatic carbocycles. The normalized spacial score (nSPS) is 23.3. The first-order valence-corrected chi connectivity index (χ1v) is 4.00. The second kappa shape index (κ2) is 1.71. The van der Waals surface area contributed by atoms with Gasteiger partial charge in [0.15, 0.2) is 11.5 Å². The van der Waals surface area contributed by atoms with Gasteiger partial charge < -0.3 is 4.74 Å². The van der Waals surface area contributed by atoms with E-state index >= 15 is 0 Å². The summed E-state index contributed by atoms with van der Waals surface area (Å²) in [5.41, 5.74) is 1.74. The zero-order chi connectivity index (χ0) is 8.29. The van der Waals surface area contributed by atoms with Crippen molar-refractivity contribution in [1.82, 2.24) is 0 Å². The van der Waals surface area contributed by atoms with Crippen LogP contribution in [0.25, 0.3) is 5.76 Å². The molecule has 2 heteroatoms. The molecule has 3 rings (SSSR count). The van der Waals surface area contributed by atoms with E-state index in [0.717, 1.165) is 17.1 Å². The number of hydrogen-bond donors (Lipinski definition) is 0. The van der Waals surface area contributed by atoms with Crippen molar-refractivity contribution < 1.29 is 9.13 Å². The zero-order valence-corrected chi connectivity index (χ0v) is 6.60. The fourth-order valence-electron chi connectivity index (χ4n) is 1.83. The van der Waals surface area contributed by atoms with Gasteiger partial charge in [0.25, 0.3) is 0 Å². The number of allylic oxidation sites excluding steroid dienone is 1. The molecule has 1 unspecified atom stereocenters. The van der Waals surface area contributed by atoms with Crippen LogP contribution in [0.3, 0.4) is 0 Å². The van der Waals surface area contributed by atoms with Crippen molar-refractivity contribution in [2.75, 3.05) is 0 Å². The van der Waals surface area contributed by atoms with Crippen molar-refractivity contribution in [3.05, 3.63) is 40.9 Å². The Morgan fingerprint density at radius 1 is 1.42 bits per heavy atom. The summed E-state index contributed by atoms with van der Waals surface area (Å²) in [6.45, 7) is 2.04. The van der Waals surface area contributed by atoms with Gasteiger partial charge in [-0.25, -0.2) is 4.39 Å². The Hall–Kier alpha value is -1.31. The van der Waals surface area contributed by atoms with Crippen molar-refractivity contribution >= 4 is 5.76 Å². The molecule has 2 aliphatic rings. The van der Waals surface area contributed by atoms with E-state index < -0.39 is 0 Å². The average Bonchev–Trinajstić information content (AvgIpc) is 2.77. The molecule has 1 aliphatic heterocycles. The van der Waals surface area contributed by atoms with E-state index in [9.17, 15) is 4.39 Å². The van der Waals surface area contributed by atoms with Gasteiger partial charge in [-0.3, -0.25) is 0 Å². The van der Waals surface area contributed by atoms with E-state index in [1.807, 2.05) is 13.0 Å². The Morgan fingerprint density at radius 3 is 3.00 bits per heavy atom. The largest absolute Gasteiger partial charge is 0.453 e. The minimum atomic E-state index is -0.165.